The fourth-order valence-electron chi connectivity index (χ4n) is 3.71. The predicted molar refractivity (Wildman–Crippen MR) is 94.6 cm³/mol. The Labute approximate surface area is 164 Å². The van der Waals surface area contributed by atoms with Crippen LogP contribution in [0.3, 0.4) is 0 Å². The Bertz CT molecular complexity index is 947. The zero-order chi connectivity index (χ0) is 20.5. The van der Waals surface area contributed by atoms with Gasteiger partial charge in [-0.3, -0.25) is 0 Å². The molecule has 10 heteroatoms. The molecular weight excluding hydrogens is 387 g/mol. The van der Waals surface area contributed by atoms with Crippen LogP contribution in [0, 0.1) is 0 Å². The van der Waals surface area contributed by atoms with E-state index in [1.807, 2.05) is 6.07 Å². The fourth-order valence-corrected chi connectivity index (χ4v) is 3.71. The minimum absolute atomic E-state index is 0.314. The molecule has 2 aromatic heterocycles. The summed E-state index contributed by atoms with van der Waals surface area (Å²) in [6, 6.07) is 8.61. The number of likely N-dealkylation sites (tertiary alicyclic amines) is 1. The van der Waals surface area contributed by atoms with Crippen molar-refractivity contribution in [2.24, 2.45) is 0 Å². The quantitative estimate of drug-likeness (QED) is 0.667. The SMILES string of the molecule is OC1(c2cccc(C(F)(F)F)c2)CC[NH+](Cc2nnnn2Cc2ccco2)CC1. The molecule has 3 heterocycles. The summed E-state index contributed by atoms with van der Waals surface area (Å²) in [5.41, 5.74) is -1.69. The number of quaternary nitrogens is 1. The Kier molecular flexibility index (Phi) is 5.13. The summed E-state index contributed by atoms with van der Waals surface area (Å²) < 4.78 is 46.0. The summed E-state index contributed by atoms with van der Waals surface area (Å²) in [4.78, 5) is 1.16. The molecule has 7 nitrogen and oxygen atoms in total. The number of aromatic nitrogens is 4. The number of aliphatic hydroxyl groups is 1. The summed E-state index contributed by atoms with van der Waals surface area (Å²) in [6.07, 6.45) is -2.11. The van der Waals surface area contributed by atoms with E-state index in [-0.39, 0.29) is 0 Å². The lowest BCUT2D eigenvalue weighted by Crippen LogP contribution is -3.12. The molecule has 0 spiro atoms. The van der Waals surface area contributed by atoms with Crippen LogP contribution in [-0.4, -0.2) is 38.4 Å². The number of nitrogens with zero attached hydrogens (tertiary/aromatic N) is 4. The minimum atomic E-state index is -4.43. The first-order valence-electron chi connectivity index (χ1n) is 9.35. The van der Waals surface area contributed by atoms with Crippen molar-refractivity contribution in [1.82, 2.24) is 20.2 Å². The number of piperidine rings is 1. The maximum Gasteiger partial charge on any atom is 0.416 e. The summed E-state index contributed by atoms with van der Waals surface area (Å²) in [6.45, 7) is 2.18. The van der Waals surface area contributed by atoms with Crippen LogP contribution in [0.15, 0.2) is 47.1 Å². The molecule has 1 aromatic carbocycles. The normalized spacial score (nSPS) is 22.7. The molecule has 2 N–H and O–H groups in total. The monoisotopic (exact) mass is 408 g/mol. The van der Waals surface area contributed by atoms with Crippen molar-refractivity contribution >= 4 is 0 Å². The standard InChI is InChI=1S/C19H20F3N5O2/c20-19(21,22)15-4-1-3-14(11-15)18(28)6-8-26(9-7-18)13-17-23-24-25-27(17)12-16-5-2-10-29-16/h1-5,10-11,28H,6-9,12-13H2/p+1. The molecule has 0 amide bonds. The van der Waals surface area contributed by atoms with Crippen LogP contribution in [0.25, 0.3) is 0 Å². The van der Waals surface area contributed by atoms with Gasteiger partial charge in [-0.15, -0.1) is 5.10 Å². The summed E-state index contributed by atoms with van der Waals surface area (Å²) >= 11 is 0. The van der Waals surface area contributed by atoms with Crippen LogP contribution >= 0.6 is 0 Å². The summed E-state index contributed by atoms with van der Waals surface area (Å²) in [7, 11) is 0. The number of hydrogen-bond donors (Lipinski definition) is 2. The van der Waals surface area contributed by atoms with E-state index in [2.05, 4.69) is 15.5 Å². The van der Waals surface area contributed by atoms with E-state index in [9.17, 15) is 18.3 Å². The van der Waals surface area contributed by atoms with Crippen molar-refractivity contribution in [2.75, 3.05) is 13.1 Å². The van der Waals surface area contributed by atoms with Gasteiger partial charge in [0.15, 0.2) is 0 Å². The van der Waals surface area contributed by atoms with Gasteiger partial charge in [0.25, 0.3) is 0 Å². The number of hydrogen-bond acceptors (Lipinski definition) is 5. The van der Waals surface area contributed by atoms with E-state index in [4.69, 9.17) is 4.42 Å². The Morgan fingerprint density at radius 3 is 2.66 bits per heavy atom. The van der Waals surface area contributed by atoms with Crippen LogP contribution < -0.4 is 4.90 Å². The van der Waals surface area contributed by atoms with E-state index >= 15 is 0 Å². The maximum absolute atomic E-state index is 13.0. The van der Waals surface area contributed by atoms with Gasteiger partial charge < -0.3 is 14.4 Å². The second kappa shape index (κ2) is 7.60. The van der Waals surface area contributed by atoms with Crippen molar-refractivity contribution in [3.8, 4) is 0 Å². The zero-order valence-electron chi connectivity index (χ0n) is 15.6. The molecule has 1 saturated heterocycles. The molecule has 0 saturated carbocycles. The number of alkyl halides is 3. The number of furan rings is 1. The highest BCUT2D eigenvalue weighted by molar-refractivity contribution is 5.30. The Hall–Kier alpha value is -2.72. The largest absolute Gasteiger partial charge is 0.467 e. The van der Waals surface area contributed by atoms with E-state index in [1.165, 1.54) is 6.07 Å². The zero-order valence-corrected chi connectivity index (χ0v) is 15.6. The number of nitrogens with one attached hydrogen (secondary N) is 1. The second-order valence-corrected chi connectivity index (χ2v) is 7.37. The first-order chi connectivity index (χ1) is 13.8. The van der Waals surface area contributed by atoms with Gasteiger partial charge in [-0.25, -0.2) is 4.68 Å². The highest BCUT2D eigenvalue weighted by atomic mass is 19.4. The molecule has 0 aliphatic carbocycles. The van der Waals surface area contributed by atoms with Gasteiger partial charge in [0.1, 0.15) is 24.5 Å². The molecule has 0 atom stereocenters. The van der Waals surface area contributed by atoms with Crippen molar-refractivity contribution in [1.29, 1.82) is 0 Å². The van der Waals surface area contributed by atoms with Gasteiger partial charge in [0.05, 0.1) is 24.9 Å². The molecule has 1 aliphatic heterocycles. The van der Waals surface area contributed by atoms with Gasteiger partial charge in [-0.2, -0.15) is 13.2 Å². The number of halogens is 3. The highest BCUT2D eigenvalue weighted by Gasteiger charge is 2.38. The van der Waals surface area contributed by atoms with Crippen molar-refractivity contribution in [3.05, 3.63) is 65.4 Å². The minimum Gasteiger partial charge on any atom is -0.467 e. The van der Waals surface area contributed by atoms with Crippen LogP contribution in [0.4, 0.5) is 13.2 Å². The molecule has 1 fully saturated rings. The van der Waals surface area contributed by atoms with E-state index in [0.717, 1.165) is 22.8 Å². The molecular formula is C19H21F3N5O2+. The van der Waals surface area contributed by atoms with Crippen molar-refractivity contribution in [2.45, 2.75) is 37.7 Å². The van der Waals surface area contributed by atoms with Crippen molar-refractivity contribution < 1.29 is 27.6 Å². The first kappa shape index (κ1) is 19.6. The lowest BCUT2D eigenvalue weighted by atomic mass is 9.83. The Morgan fingerprint density at radius 2 is 1.97 bits per heavy atom. The van der Waals surface area contributed by atoms with Gasteiger partial charge >= 0.3 is 6.18 Å². The number of benzene rings is 1. The Morgan fingerprint density at radius 1 is 1.17 bits per heavy atom. The number of rotatable bonds is 5. The number of tetrazole rings is 1. The average molecular weight is 408 g/mol. The fraction of sp³-hybridized carbons (Fsp3) is 0.421. The molecule has 0 bridgehead atoms. The first-order valence-corrected chi connectivity index (χ1v) is 9.35. The molecule has 29 heavy (non-hydrogen) atoms. The van der Waals surface area contributed by atoms with E-state index < -0.39 is 17.3 Å². The van der Waals surface area contributed by atoms with Gasteiger partial charge in [0.2, 0.25) is 5.82 Å². The molecule has 3 aromatic rings. The van der Waals surface area contributed by atoms with E-state index in [0.29, 0.717) is 50.4 Å². The summed E-state index contributed by atoms with van der Waals surface area (Å²) in [5.74, 6) is 1.44. The third-order valence-corrected chi connectivity index (χ3v) is 5.41. The molecule has 4 rings (SSSR count). The maximum atomic E-state index is 13.0. The van der Waals surface area contributed by atoms with Gasteiger partial charge in [0, 0.05) is 12.8 Å². The van der Waals surface area contributed by atoms with Gasteiger partial charge in [-0.05, 0) is 40.3 Å². The van der Waals surface area contributed by atoms with Crippen LogP contribution in [0.2, 0.25) is 0 Å². The lowest BCUT2D eigenvalue weighted by Gasteiger charge is -2.36. The molecule has 154 valence electrons. The van der Waals surface area contributed by atoms with Crippen LogP contribution in [0.5, 0.6) is 0 Å². The highest BCUT2D eigenvalue weighted by Crippen LogP contribution is 2.35. The van der Waals surface area contributed by atoms with Crippen LogP contribution in [0.1, 0.15) is 35.6 Å². The molecule has 0 unspecified atom stereocenters. The molecule has 0 radical (unpaired) electrons. The average Bonchev–Trinajstić information content (AvgIpc) is 3.36. The lowest BCUT2D eigenvalue weighted by molar-refractivity contribution is -0.922. The predicted octanol–water partition coefficient (Wildman–Crippen LogP) is 1.40. The van der Waals surface area contributed by atoms with Gasteiger partial charge in [-0.1, -0.05) is 12.1 Å². The topological polar surface area (TPSA) is 81.4 Å². The third-order valence-electron chi connectivity index (χ3n) is 5.41. The third kappa shape index (κ3) is 4.33. The smallest absolute Gasteiger partial charge is 0.416 e. The molecule has 1 aliphatic rings. The van der Waals surface area contributed by atoms with Crippen molar-refractivity contribution in [3.63, 3.8) is 0 Å². The Balaban J connectivity index is 1.41. The van der Waals surface area contributed by atoms with E-state index in [1.54, 1.807) is 23.1 Å². The summed E-state index contributed by atoms with van der Waals surface area (Å²) in [5, 5.41) is 22.8. The van der Waals surface area contributed by atoms with Crippen LogP contribution in [-0.2, 0) is 24.9 Å². The second-order valence-electron chi connectivity index (χ2n) is 7.37.